The summed E-state index contributed by atoms with van der Waals surface area (Å²) in [6.45, 7) is 5.11. The number of halogens is 1. The Labute approximate surface area is 128 Å². The van der Waals surface area contributed by atoms with Crippen molar-refractivity contribution in [2.24, 2.45) is 0 Å². The number of hydrogen-bond acceptors (Lipinski definition) is 3. The average molecular weight is 341 g/mol. The number of carbonyl (C=O) groups excluding carboxylic acids is 1. The van der Waals surface area contributed by atoms with Crippen LogP contribution in [0.1, 0.15) is 38.3 Å². The molecule has 1 unspecified atom stereocenters. The monoisotopic (exact) mass is 340 g/mol. The third-order valence-electron chi connectivity index (χ3n) is 3.25. The molecule has 0 saturated heterocycles. The molecule has 5 heteroatoms. The summed E-state index contributed by atoms with van der Waals surface area (Å²) < 4.78 is 6.68. The fraction of sp³-hybridized carbons (Fsp3) is 0.533. The van der Waals surface area contributed by atoms with Crippen LogP contribution in [0.15, 0.2) is 22.7 Å². The Hall–Kier alpha value is -1.07. The van der Waals surface area contributed by atoms with Gasteiger partial charge in [0.25, 0.3) is 5.91 Å². The minimum absolute atomic E-state index is 0.0440. The summed E-state index contributed by atoms with van der Waals surface area (Å²) in [6, 6.07) is 6.41. The van der Waals surface area contributed by atoms with Crippen LogP contribution in [0.5, 0.6) is 5.75 Å². The maximum absolute atomic E-state index is 11.7. The smallest absolute Gasteiger partial charge is 0.258 e. The largest absolute Gasteiger partial charge is 0.483 e. The first-order chi connectivity index (χ1) is 9.60. The second kappa shape index (κ2) is 7.09. The highest BCUT2D eigenvalue weighted by Crippen LogP contribution is 2.28. The van der Waals surface area contributed by atoms with Crippen molar-refractivity contribution in [1.82, 2.24) is 10.6 Å². The molecule has 1 aliphatic rings. The van der Waals surface area contributed by atoms with Crippen molar-refractivity contribution in [3.63, 3.8) is 0 Å². The van der Waals surface area contributed by atoms with E-state index < -0.39 is 0 Å². The lowest BCUT2D eigenvalue weighted by Gasteiger charge is -2.18. The molecule has 0 aromatic heterocycles. The zero-order valence-electron chi connectivity index (χ0n) is 11.9. The number of rotatable bonds is 7. The Morgan fingerprint density at radius 3 is 2.90 bits per heavy atom. The van der Waals surface area contributed by atoms with Crippen molar-refractivity contribution in [1.29, 1.82) is 0 Å². The van der Waals surface area contributed by atoms with Gasteiger partial charge < -0.3 is 15.4 Å². The molecule has 0 heterocycles. The minimum Gasteiger partial charge on any atom is -0.483 e. The molecule has 0 aliphatic heterocycles. The van der Waals surface area contributed by atoms with Crippen LogP contribution in [0, 0.1) is 0 Å². The van der Waals surface area contributed by atoms with Crippen molar-refractivity contribution in [3.05, 3.63) is 28.2 Å². The lowest BCUT2D eigenvalue weighted by atomic mass is 10.1. The number of carbonyl (C=O) groups is 1. The van der Waals surface area contributed by atoms with Gasteiger partial charge in [0.05, 0.1) is 0 Å². The summed E-state index contributed by atoms with van der Waals surface area (Å²) in [5.41, 5.74) is 1.06. The highest BCUT2D eigenvalue weighted by molar-refractivity contribution is 9.10. The Bertz CT molecular complexity index is 475. The van der Waals surface area contributed by atoms with Gasteiger partial charge >= 0.3 is 0 Å². The van der Waals surface area contributed by atoms with Crippen LogP contribution in [0.4, 0.5) is 0 Å². The van der Waals surface area contributed by atoms with Crippen molar-refractivity contribution < 1.29 is 9.53 Å². The number of benzene rings is 1. The van der Waals surface area contributed by atoms with Crippen LogP contribution in [0.3, 0.4) is 0 Å². The fourth-order valence-corrected chi connectivity index (χ4v) is 2.42. The molecule has 2 N–H and O–H groups in total. The minimum atomic E-state index is -0.0440. The molecule has 2 rings (SSSR count). The number of ether oxygens (including phenoxy) is 1. The molecular weight excluding hydrogens is 320 g/mol. The summed E-state index contributed by atoms with van der Waals surface area (Å²) in [5.74, 6) is 0.713. The first kappa shape index (κ1) is 15.3. The number of amides is 1. The van der Waals surface area contributed by atoms with Crippen molar-refractivity contribution in [3.8, 4) is 5.75 Å². The molecule has 110 valence electrons. The second-order valence-electron chi connectivity index (χ2n) is 5.09. The second-order valence-corrected chi connectivity index (χ2v) is 6.01. The van der Waals surface area contributed by atoms with E-state index in [9.17, 15) is 4.79 Å². The molecule has 1 aliphatic carbocycles. The van der Waals surface area contributed by atoms with Gasteiger partial charge in [-0.3, -0.25) is 4.79 Å². The van der Waals surface area contributed by atoms with E-state index in [0.717, 1.165) is 35.2 Å². The lowest BCUT2D eigenvalue weighted by molar-refractivity contribution is -0.123. The van der Waals surface area contributed by atoms with Gasteiger partial charge in [-0.2, -0.15) is 0 Å². The lowest BCUT2D eigenvalue weighted by Crippen LogP contribution is -2.30. The molecule has 1 aromatic carbocycles. The molecule has 0 spiro atoms. The Kier molecular flexibility index (Phi) is 5.43. The highest BCUT2D eigenvalue weighted by Gasteiger charge is 2.23. The maximum Gasteiger partial charge on any atom is 0.258 e. The maximum atomic E-state index is 11.7. The van der Waals surface area contributed by atoms with E-state index in [1.54, 1.807) is 0 Å². The zero-order valence-corrected chi connectivity index (χ0v) is 13.5. The van der Waals surface area contributed by atoms with Crippen LogP contribution < -0.4 is 15.4 Å². The third-order valence-corrected chi connectivity index (χ3v) is 3.74. The van der Waals surface area contributed by atoms with Crippen LogP contribution in [-0.4, -0.2) is 25.1 Å². The Balaban J connectivity index is 1.99. The van der Waals surface area contributed by atoms with E-state index in [2.05, 4.69) is 40.4 Å². The van der Waals surface area contributed by atoms with E-state index in [1.165, 1.54) is 0 Å². The molecule has 20 heavy (non-hydrogen) atoms. The summed E-state index contributed by atoms with van der Waals surface area (Å²) in [7, 11) is 0. The van der Waals surface area contributed by atoms with Crippen molar-refractivity contribution in [2.75, 3.05) is 13.2 Å². The van der Waals surface area contributed by atoms with Gasteiger partial charge in [0, 0.05) is 22.1 Å². The fourth-order valence-electron chi connectivity index (χ4n) is 2.05. The normalized spacial score (nSPS) is 15.8. The first-order valence-corrected chi connectivity index (χ1v) is 7.84. The quantitative estimate of drug-likeness (QED) is 0.802. The summed E-state index contributed by atoms with van der Waals surface area (Å²) in [5, 5.41) is 6.28. The van der Waals surface area contributed by atoms with Crippen molar-refractivity contribution in [2.45, 2.75) is 38.8 Å². The van der Waals surface area contributed by atoms with Crippen LogP contribution >= 0.6 is 15.9 Å². The average Bonchev–Trinajstić information content (AvgIpc) is 3.21. The van der Waals surface area contributed by atoms with E-state index in [1.807, 2.05) is 18.2 Å². The summed E-state index contributed by atoms with van der Waals surface area (Å²) in [4.78, 5) is 11.7. The van der Waals surface area contributed by atoms with Gasteiger partial charge in [-0.25, -0.2) is 0 Å². The van der Waals surface area contributed by atoms with E-state index in [4.69, 9.17) is 4.74 Å². The van der Waals surface area contributed by atoms with Gasteiger partial charge in [-0.1, -0.05) is 22.9 Å². The predicted octanol–water partition coefficient (Wildman–Crippen LogP) is 2.78. The third kappa shape index (κ3) is 4.49. The van der Waals surface area contributed by atoms with Gasteiger partial charge in [-0.15, -0.1) is 0 Å². The predicted molar refractivity (Wildman–Crippen MR) is 82.9 cm³/mol. The molecule has 0 radical (unpaired) electrons. The molecule has 4 nitrogen and oxygen atoms in total. The van der Waals surface area contributed by atoms with Crippen molar-refractivity contribution >= 4 is 21.8 Å². The standard InChI is InChI=1S/C15H21BrN2O2/c1-3-17-10(2)13-8-11(16)4-7-14(13)20-9-15(19)18-12-5-6-12/h4,7-8,10,12,17H,3,5-6,9H2,1-2H3,(H,18,19). The van der Waals surface area contributed by atoms with Crippen LogP contribution in [-0.2, 0) is 4.79 Å². The number of hydrogen-bond donors (Lipinski definition) is 2. The molecule has 0 bridgehead atoms. The zero-order chi connectivity index (χ0) is 14.5. The van der Waals surface area contributed by atoms with Gasteiger partial charge in [-0.05, 0) is 44.5 Å². The molecule has 1 fully saturated rings. The first-order valence-electron chi connectivity index (χ1n) is 7.05. The van der Waals surface area contributed by atoms with E-state index in [-0.39, 0.29) is 18.6 Å². The van der Waals surface area contributed by atoms with E-state index in [0.29, 0.717) is 6.04 Å². The summed E-state index contributed by atoms with van der Waals surface area (Å²) in [6.07, 6.45) is 2.18. The topological polar surface area (TPSA) is 50.4 Å². The Morgan fingerprint density at radius 2 is 2.25 bits per heavy atom. The molecule has 1 aromatic rings. The van der Waals surface area contributed by atoms with Gasteiger partial charge in [0.15, 0.2) is 6.61 Å². The molecule has 1 atom stereocenters. The van der Waals surface area contributed by atoms with Crippen LogP contribution in [0.25, 0.3) is 0 Å². The van der Waals surface area contributed by atoms with Gasteiger partial charge in [0.2, 0.25) is 0 Å². The Morgan fingerprint density at radius 1 is 1.50 bits per heavy atom. The van der Waals surface area contributed by atoms with Gasteiger partial charge in [0.1, 0.15) is 5.75 Å². The SMILES string of the molecule is CCNC(C)c1cc(Br)ccc1OCC(=O)NC1CC1. The molecular formula is C15H21BrN2O2. The molecule has 1 amide bonds. The number of nitrogens with one attached hydrogen (secondary N) is 2. The van der Waals surface area contributed by atoms with Crippen LogP contribution in [0.2, 0.25) is 0 Å². The molecule has 1 saturated carbocycles. The van der Waals surface area contributed by atoms with E-state index >= 15 is 0 Å². The highest BCUT2D eigenvalue weighted by atomic mass is 79.9. The summed E-state index contributed by atoms with van der Waals surface area (Å²) >= 11 is 3.47.